The van der Waals surface area contributed by atoms with Crippen LogP contribution < -0.4 is 10.7 Å². The van der Waals surface area contributed by atoms with Gasteiger partial charge in [-0.25, -0.2) is 5.43 Å². The summed E-state index contributed by atoms with van der Waals surface area (Å²) in [5.74, 6) is 0.0679. The number of aromatic nitrogens is 1. The molecule has 1 heterocycles. The second kappa shape index (κ2) is 11.1. The van der Waals surface area contributed by atoms with E-state index in [9.17, 15) is 0 Å². The van der Waals surface area contributed by atoms with Crippen LogP contribution >= 0.6 is 48.0 Å². The fourth-order valence-electron chi connectivity index (χ4n) is 1.53. The zero-order chi connectivity index (χ0) is 15.1. The molecule has 124 valence electrons. The van der Waals surface area contributed by atoms with Gasteiger partial charge in [0.05, 0.1) is 16.3 Å². The fourth-order valence-corrected chi connectivity index (χ4v) is 2.02. The van der Waals surface area contributed by atoms with Gasteiger partial charge in [-0.15, -0.1) is 24.8 Å². The molecule has 0 amide bonds. The molecule has 0 spiro atoms. The lowest BCUT2D eigenvalue weighted by molar-refractivity contribution is 0.834. The zero-order valence-corrected chi connectivity index (χ0v) is 14.9. The SMILES string of the molecule is Cl.Cl.N=C(NCc1cccnc1)N/N=C/c1c(Cl)cccc1Cl. The predicted molar refractivity (Wildman–Crippen MR) is 100 cm³/mol. The van der Waals surface area contributed by atoms with E-state index in [1.165, 1.54) is 6.21 Å². The van der Waals surface area contributed by atoms with Gasteiger partial charge < -0.3 is 5.32 Å². The highest BCUT2D eigenvalue weighted by Crippen LogP contribution is 2.21. The van der Waals surface area contributed by atoms with Crippen molar-refractivity contribution in [3.63, 3.8) is 0 Å². The van der Waals surface area contributed by atoms with Crippen molar-refractivity contribution in [2.24, 2.45) is 5.10 Å². The van der Waals surface area contributed by atoms with Crippen molar-refractivity contribution >= 4 is 60.2 Å². The van der Waals surface area contributed by atoms with Crippen molar-refractivity contribution in [2.45, 2.75) is 6.54 Å². The number of benzene rings is 1. The normalized spacial score (nSPS) is 9.65. The summed E-state index contributed by atoms with van der Waals surface area (Å²) in [7, 11) is 0. The van der Waals surface area contributed by atoms with Crippen molar-refractivity contribution < 1.29 is 0 Å². The number of nitrogens with zero attached hydrogens (tertiary/aromatic N) is 2. The van der Waals surface area contributed by atoms with E-state index in [4.69, 9.17) is 28.6 Å². The van der Waals surface area contributed by atoms with Crippen LogP contribution in [0.1, 0.15) is 11.1 Å². The van der Waals surface area contributed by atoms with Gasteiger partial charge in [0, 0.05) is 24.5 Å². The van der Waals surface area contributed by atoms with Crippen molar-refractivity contribution in [2.75, 3.05) is 0 Å². The average molecular weight is 395 g/mol. The Balaban J connectivity index is 0.00000242. The van der Waals surface area contributed by atoms with Gasteiger partial charge >= 0.3 is 0 Å². The highest BCUT2D eigenvalue weighted by molar-refractivity contribution is 6.38. The van der Waals surface area contributed by atoms with Crippen molar-refractivity contribution in [3.05, 3.63) is 63.9 Å². The lowest BCUT2D eigenvalue weighted by atomic mass is 10.2. The first kappa shape index (κ1) is 21.5. The minimum atomic E-state index is 0. The monoisotopic (exact) mass is 393 g/mol. The van der Waals surface area contributed by atoms with Crippen LogP contribution in [0, 0.1) is 5.41 Å². The molecule has 0 saturated heterocycles. The number of hydrogen-bond donors (Lipinski definition) is 3. The molecular weight excluding hydrogens is 380 g/mol. The van der Waals surface area contributed by atoms with Crippen LogP contribution in [0.3, 0.4) is 0 Å². The molecular formula is C14H15Cl4N5. The molecule has 5 nitrogen and oxygen atoms in total. The van der Waals surface area contributed by atoms with Crippen LogP contribution in [0.5, 0.6) is 0 Å². The van der Waals surface area contributed by atoms with E-state index >= 15 is 0 Å². The molecule has 0 aliphatic carbocycles. The van der Waals surface area contributed by atoms with Crippen LogP contribution in [-0.4, -0.2) is 17.2 Å². The minimum Gasteiger partial charge on any atom is -0.351 e. The van der Waals surface area contributed by atoms with Gasteiger partial charge in [0.1, 0.15) is 0 Å². The Morgan fingerprint density at radius 2 is 1.87 bits per heavy atom. The van der Waals surface area contributed by atoms with Gasteiger partial charge in [-0.2, -0.15) is 5.10 Å². The molecule has 1 aromatic heterocycles. The molecule has 0 aliphatic heterocycles. The average Bonchev–Trinajstić information content (AvgIpc) is 2.49. The summed E-state index contributed by atoms with van der Waals surface area (Å²) in [6, 6.07) is 8.96. The molecule has 23 heavy (non-hydrogen) atoms. The summed E-state index contributed by atoms with van der Waals surface area (Å²) < 4.78 is 0. The van der Waals surface area contributed by atoms with Crippen molar-refractivity contribution in [1.82, 2.24) is 15.7 Å². The molecule has 0 saturated carbocycles. The van der Waals surface area contributed by atoms with E-state index < -0.39 is 0 Å². The zero-order valence-electron chi connectivity index (χ0n) is 11.8. The van der Waals surface area contributed by atoms with E-state index in [-0.39, 0.29) is 30.8 Å². The van der Waals surface area contributed by atoms with E-state index in [2.05, 4.69) is 20.8 Å². The number of guanidine groups is 1. The smallest absolute Gasteiger partial charge is 0.209 e. The Labute approximate surface area is 156 Å². The lowest BCUT2D eigenvalue weighted by Crippen LogP contribution is -2.32. The topological polar surface area (TPSA) is 73.2 Å². The van der Waals surface area contributed by atoms with E-state index in [1.807, 2.05) is 12.1 Å². The maximum Gasteiger partial charge on any atom is 0.209 e. The second-order valence-corrected chi connectivity index (χ2v) is 4.91. The quantitative estimate of drug-likeness (QED) is 0.418. The molecule has 2 aromatic rings. The fraction of sp³-hybridized carbons (Fsp3) is 0.0714. The Morgan fingerprint density at radius 1 is 1.17 bits per heavy atom. The maximum absolute atomic E-state index is 7.69. The highest BCUT2D eigenvalue weighted by Gasteiger charge is 2.02. The summed E-state index contributed by atoms with van der Waals surface area (Å²) in [6.45, 7) is 0.488. The summed E-state index contributed by atoms with van der Waals surface area (Å²) in [6.07, 6.45) is 4.91. The standard InChI is InChI=1S/C14H13Cl2N5.2ClH/c15-12-4-1-5-13(16)11(12)9-20-21-14(17)19-8-10-3-2-6-18-7-10;;/h1-7,9H,8H2,(H3,17,19,21);2*1H/b20-9+;;. The third-order valence-corrected chi connectivity index (χ3v) is 3.22. The summed E-state index contributed by atoms with van der Waals surface area (Å²) in [5.41, 5.74) is 4.14. The molecule has 0 unspecified atom stereocenters. The second-order valence-electron chi connectivity index (χ2n) is 4.10. The molecule has 9 heteroatoms. The Hall–Kier alpha value is -1.53. The largest absolute Gasteiger partial charge is 0.351 e. The predicted octanol–water partition coefficient (Wildman–Crippen LogP) is 3.88. The van der Waals surface area contributed by atoms with E-state index in [0.29, 0.717) is 22.2 Å². The van der Waals surface area contributed by atoms with Gasteiger partial charge in [-0.1, -0.05) is 35.3 Å². The summed E-state index contributed by atoms with van der Waals surface area (Å²) in [4.78, 5) is 3.99. The summed E-state index contributed by atoms with van der Waals surface area (Å²) >= 11 is 12.0. The van der Waals surface area contributed by atoms with Crippen LogP contribution in [0.25, 0.3) is 0 Å². The minimum absolute atomic E-state index is 0. The van der Waals surface area contributed by atoms with Crippen molar-refractivity contribution in [3.8, 4) is 0 Å². The summed E-state index contributed by atoms with van der Waals surface area (Å²) in [5, 5.41) is 15.5. The van der Waals surface area contributed by atoms with Crippen molar-refractivity contribution in [1.29, 1.82) is 5.41 Å². The maximum atomic E-state index is 7.69. The number of hydrogen-bond acceptors (Lipinski definition) is 3. The molecule has 0 radical (unpaired) electrons. The van der Waals surface area contributed by atoms with Crippen LogP contribution in [0.4, 0.5) is 0 Å². The molecule has 1 aromatic carbocycles. The number of hydrazone groups is 1. The van der Waals surface area contributed by atoms with E-state index in [0.717, 1.165) is 5.56 Å². The van der Waals surface area contributed by atoms with E-state index in [1.54, 1.807) is 30.6 Å². The number of halogens is 4. The van der Waals surface area contributed by atoms with Gasteiger partial charge in [-0.05, 0) is 23.8 Å². The molecule has 0 atom stereocenters. The molecule has 2 rings (SSSR count). The number of rotatable bonds is 4. The first-order valence-electron chi connectivity index (χ1n) is 6.11. The Morgan fingerprint density at radius 3 is 2.48 bits per heavy atom. The van der Waals surface area contributed by atoms with Gasteiger partial charge in [-0.3, -0.25) is 10.4 Å². The number of nitrogens with one attached hydrogen (secondary N) is 3. The van der Waals surface area contributed by atoms with Crippen LogP contribution in [0.2, 0.25) is 10.0 Å². The Bertz CT molecular complexity index is 629. The van der Waals surface area contributed by atoms with Gasteiger partial charge in [0.15, 0.2) is 0 Å². The van der Waals surface area contributed by atoms with Crippen LogP contribution in [0.15, 0.2) is 47.8 Å². The first-order valence-corrected chi connectivity index (χ1v) is 6.87. The van der Waals surface area contributed by atoms with Crippen LogP contribution in [-0.2, 0) is 6.54 Å². The highest BCUT2D eigenvalue weighted by atomic mass is 35.5. The molecule has 3 N–H and O–H groups in total. The van der Waals surface area contributed by atoms with Gasteiger partial charge in [0.2, 0.25) is 5.96 Å². The Kier molecular flexibility index (Phi) is 10.3. The molecule has 0 bridgehead atoms. The lowest BCUT2D eigenvalue weighted by Gasteiger charge is -2.06. The third kappa shape index (κ3) is 7.05. The molecule has 0 aliphatic rings. The number of pyridine rings is 1. The first-order chi connectivity index (χ1) is 10.2. The third-order valence-electron chi connectivity index (χ3n) is 2.56. The molecule has 0 fully saturated rings. The van der Waals surface area contributed by atoms with Gasteiger partial charge in [0.25, 0.3) is 0 Å².